The normalized spacial score (nSPS) is 12.8. The highest BCUT2D eigenvalue weighted by atomic mass is 16.4. The monoisotopic (exact) mass is 553 g/mol. The molecule has 2 unspecified atom stereocenters. The Hall–Kier alpha value is -5.01. The molecule has 1 heterocycles. The first-order valence-electron chi connectivity index (χ1n) is 12.5. The minimum atomic E-state index is -1.26. The third-order valence-corrected chi connectivity index (χ3v) is 5.99. The molecular formula is C26H35N9O5. The minimum Gasteiger partial charge on any atom is -0.481 e. The average molecular weight is 554 g/mol. The summed E-state index contributed by atoms with van der Waals surface area (Å²) < 4.78 is 0. The van der Waals surface area contributed by atoms with Crippen molar-refractivity contribution in [1.82, 2.24) is 15.6 Å². The number of aromatic nitrogens is 1. The van der Waals surface area contributed by atoms with Crippen molar-refractivity contribution in [2.75, 3.05) is 6.54 Å². The molecule has 3 atom stereocenters. The summed E-state index contributed by atoms with van der Waals surface area (Å²) in [5, 5.41) is 21.9. The van der Waals surface area contributed by atoms with Crippen LogP contribution in [-0.4, -0.2) is 64.2 Å². The van der Waals surface area contributed by atoms with Crippen molar-refractivity contribution >= 4 is 35.5 Å². The number of pyridine rings is 1. The van der Waals surface area contributed by atoms with E-state index in [0.29, 0.717) is 17.5 Å². The maximum Gasteiger partial charge on any atom is 0.303 e. The number of carboxylic acids is 1. The number of hydrogen-bond donors (Lipinski definition) is 8. The van der Waals surface area contributed by atoms with E-state index < -0.39 is 48.1 Å². The lowest BCUT2D eigenvalue weighted by molar-refractivity contribution is -0.138. The highest BCUT2D eigenvalue weighted by molar-refractivity contribution is 5.95. The van der Waals surface area contributed by atoms with E-state index in [2.05, 4.69) is 20.6 Å². The van der Waals surface area contributed by atoms with Crippen LogP contribution in [0.5, 0.6) is 0 Å². The number of nitrogens with two attached hydrogens (primary N) is 4. The molecule has 0 fully saturated rings. The summed E-state index contributed by atoms with van der Waals surface area (Å²) in [6.45, 7) is 0.210. The average Bonchev–Trinajstić information content (AvgIpc) is 2.91. The van der Waals surface area contributed by atoms with Crippen LogP contribution in [0.4, 0.5) is 0 Å². The standard InChI is InChI=1S/C26H35N9O5/c27-22(28)16-7-5-15(6-8-16)13-18(17-3-1-11-32-14-17)24(39)35-20(9-10-21(36)37)25(40)34-19(23(29)38)4-2-12-33-26(30)31/h1,3,5-8,11,14,18-20H,2,4,9-10,12-13H2,(H3,27,28)(H2,29,38)(H,34,40)(H,35,39)(H,36,37)(H4,30,31,33)/t18-,19?,20?/m0/s1. The molecule has 40 heavy (non-hydrogen) atoms. The van der Waals surface area contributed by atoms with E-state index in [9.17, 15) is 24.3 Å². The van der Waals surface area contributed by atoms with Gasteiger partial charge < -0.3 is 38.7 Å². The van der Waals surface area contributed by atoms with E-state index in [1.807, 2.05) is 0 Å². The number of benzene rings is 1. The first kappa shape index (κ1) is 31.2. The zero-order valence-electron chi connectivity index (χ0n) is 21.9. The summed E-state index contributed by atoms with van der Waals surface area (Å²) in [6.07, 6.45) is 3.14. The molecule has 12 N–H and O–H groups in total. The number of carbonyl (C=O) groups excluding carboxylic acids is 3. The number of aliphatic carboxylic acids is 1. The van der Waals surface area contributed by atoms with Crippen LogP contribution >= 0.6 is 0 Å². The van der Waals surface area contributed by atoms with E-state index in [-0.39, 0.29) is 37.6 Å². The quantitative estimate of drug-likeness (QED) is 0.0723. The lowest BCUT2D eigenvalue weighted by Crippen LogP contribution is -2.53. The number of primary amides is 1. The number of nitrogen functional groups attached to an aromatic ring is 1. The van der Waals surface area contributed by atoms with E-state index in [1.165, 1.54) is 6.20 Å². The van der Waals surface area contributed by atoms with Gasteiger partial charge in [-0.15, -0.1) is 0 Å². The van der Waals surface area contributed by atoms with Gasteiger partial charge in [0.2, 0.25) is 17.7 Å². The summed E-state index contributed by atoms with van der Waals surface area (Å²) >= 11 is 0. The molecule has 0 saturated carbocycles. The van der Waals surface area contributed by atoms with Gasteiger partial charge in [0.05, 0.1) is 5.92 Å². The van der Waals surface area contributed by atoms with Gasteiger partial charge in [0, 0.05) is 30.9 Å². The van der Waals surface area contributed by atoms with Crippen LogP contribution in [0.2, 0.25) is 0 Å². The lowest BCUT2D eigenvalue weighted by atomic mass is 9.91. The minimum absolute atomic E-state index is 0.0918. The van der Waals surface area contributed by atoms with Crippen LogP contribution in [0.3, 0.4) is 0 Å². The second kappa shape index (κ2) is 15.4. The Labute approximate surface area is 231 Å². The fourth-order valence-corrected chi connectivity index (χ4v) is 3.87. The van der Waals surface area contributed by atoms with Crippen LogP contribution in [0.25, 0.3) is 0 Å². The Morgan fingerprint density at radius 1 is 0.950 bits per heavy atom. The lowest BCUT2D eigenvalue weighted by Gasteiger charge is -2.24. The van der Waals surface area contributed by atoms with Gasteiger partial charge in [-0.2, -0.15) is 0 Å². The smallest absolute Gasteiger partial charge is 0.303 e. The summed E-state index contributed by atoms with van der Waals surface area (Å²) in [5.41, 5.74) is 23.4. The maximum atomic E-state index is 13.5. The number of guanidine groups is 1. The van der Waals surface area contributed by atoms with Crippen molar-refractivity contribution in [3.63, 3.8) is 0 Å². The molecule has 214 valence electrons. The zero-order chi connectivity index (χ0) is 29.7. The number of hydrogen-bond acceptors (Lipinski definition) is 7. The first-order chi connectivity index (χ1) is 19.0. The van der Waals surface area contributed by atoms with Crippen molar-refractivity contribution in [2.24, 2.45) is 27.9 Å². The fourth-order valence-electron chi connectivity index (χ4n) is 3.87. The highest BCUT2D eigenvalue weighted by Gasteiger charge is 2.29. The Morgan fingerprint density at radius 3 is 2.17 bits per heavy atom. The van der Waals surface area contributed by atoms with Gasteiger partial charge in [0.25, 0.3) is 0 Å². The van der Waals surface area contributed by atoms with Crippen molar-refractivity contribution in [3.05, 3.63) is 65.5 Å². The SMILES string of the molecule is N=C(N)c1ccc(C[C@H](C(=O)NC(CCC(=O)O)C(=O)NC(CCCN=C(N)N)C(N)=O)c2cccnc2)cc1. The summed E-state index contributed by atoms with van der Waals surface area (Å²) in [5.74, 6) is -4.26. The van der Waals surface area contributed by atoms with E-state index in [1.54, 1.807) is 42.6 Å². The number of amides is 3. The Morgan fingerprint density at radius 2 is 1.62 bits per heavy atom. The summed E-state index contributed by atoms with van der Waals surface area (Å²) in [6, 6.07) is 7.84. The van der Waals surface area contributed by atoms with Gasteiger partial charge in [0.15, 0.2) is 5.96 Å². The largest absolute Gasteiger partial charge is 0.481 e. The van der Waals surface area contributed by atoms with Crippen LogP contribution in [0, 0.1) is 5.41 Å². The van der Waals surface area contributed by atoms with Crippen molar-refractivity contribution < 1.29 is 24.3 Å². The number of rotatable bonds is 16. The Kier molecular flexibility index (Phi) is 12.0. The van der Waals surface area contributed by atoms with Crippen molar-refractivity contribution in [1.29, 1.82) is 5.41 Å². The molecule has 1 aromatic heterocycles. The third kappa shape index (κ3) is 10.4. The van der Waals surface area contributed by atoms with Gasteiger partial charge in [-0.25, -0.2) is 0 Å². The molecular weight excluding hydrogens is 518 g/mol. The molecule has 0 spiro atoms. The molecule has 3 amide bonds. The van der Waals surface area contributed by atoms with Gasteiger partial charge in [-0.3, -0.25) is 34.6 Å². The second-order valence-electron chi connectivity index (χ2n) is 9.06. The Balaban J connectivity index is 2.24. The number of carboxylic acid groups (broad SMARTS) is 1. The number of amidine groups is 1. The number of aliphatic imine (C=N–C) groups is 1. The van der Waals surface area contributed by atoms with Crippen LogP contribution in [-0.2, 0) is 25.6 Å². The van der Waals surface area contributed by atoms with E-state index in [4.69, 9.17) is 28.3 Å². The maximum absolute atomic E-state index is 13.5. The molecule has 1 aromatic carbocycles. The summed E-state index contributed by atoms with van der Waals surface area (Å²) in [7, 11) is 0. The van der Waals surface area contributed by atoms with Crippen molar-refractivity contribution in [2.45, 2.75) is 50.1 Å². The molecule has 0 aliphatic carbocycles. The zero-order valence-corrected chi connectivity index (χ0v) is 21.9. The second-order valence-corrected chi connectivity index (χ2v) is 9.06. The molecule has 14 nitrogen and oxygen atoms in total. The topological polar surface area (TPSA) is 266 Å². The molecule has 0 bridgehead atoms. The van der Waals surface area contributed by atoms with E-state index in [0.717, 1.165) is 5.56 Å². The molecule has 0 saturated heterocycles. The van der Waals surface area contributed by atoms with Gasteiger partial charge >= 0.3 is 5.97 Å². The van der Waals surface area contributed by atoms with Crippen molar-refractivity contribution in [3.8, 4) is 0 Å². The van der Waals surface area contributed by atoms with Gasteiger partial charge in [0.1, 0.15) is 17.9 Å². The first-order valence-corrected chi connectivity index (χ1v) is 12.5. The highest BCUT2D eigenvalue weighted by Crippen LogP contribution is 2.22. The number of carbonyl (C=O) groups is 4. The fraction of sp³-hybridized carbons (Fsp3) is 0.346. The molecule has 0 aliphatic rings. The Bertz CT molecular complexity index is 1210. The third-order valence-electron chi connectivity index (χ3n) is 5.99. The molecule has 2 aromatic rings. The van der Waals surface area contributed by atoms with E-state index >= 15 is 0 Å². The van der Waals surface area contributed by atoms with Gasteiger partial charge in [-0.1, -0.05) is 30.3 Å². The van der Waals surface area contributed by atoms with Crippen LogP contribution in [0.1, 0.15) is 48.3 Å². The predicted octanol–water partition coefficient (Wildman–Crippen LogP) is -0.935. The molecule has 0 radical (unpaired) electrons. The number of nitrogens with zero attached hydrogens (tertiary/aromatic N) is 2. The molecule has 0 aliphatic heterocycles. The molecule has 14 heteroatoms. The predicted molar refractivity (Wildman–Crippen MR) is 148 cm³/mol. The number of nitrogens with one attached hydrogen (secondary N) is 3. The van der Waals surface area contributed by atoms with Crippen LogP contribution < -0.4 is 33.6 Å². The van der Waals surface area contributed by atoms with Crippen LogP contribution in [0.15, 0.2) is 53.8 Å². The molecule has 2 rings (SSSR count). The summed E-state index contributed by atoms with van der Waals surface area (Å²) in [4.78, 5) is 57.8. The van der Waals surface area contributed by atoms with Gasteiger partial charge in [-0.05, 0) is 42.9 Å².